The molecule has 2 saturated heterocycles. The van der Waals surface area contributed by atoms with Crippen molar-refractivity contribution in [3.8, 4) is 17.3 Å². The first-order chi connectivity index (χ1) is 15.1. The van der Waals surface area contributed by atoms with Crippen LogP contribution in [-0.4, -0.2) is 58.3 Å². The average molecular weight is 435 g/mol. The number of pyridine rings is 1. The van der Waals surface area contributed by atoms with Gasteiger partial charge in [-0.05, 0) is 53.9 Å². The minimum atomic E-state index is -0.180. The van der Waals surface area contributed by atoms with E-state index in [1.54, 1.807) is 11.3 Å². The van der Waals surface area contributed by atoms with Gasteiger partial charge in [-0.2, -0.15) is 0 Å². The summed E-state index contributed by atoms with van der Waals surface area (Å²) in [5, 5.41) is 3.66. The van der Waals surface area contributed by atoms with E-state index in [-0.39, 0.29) is 11.7 Å². The number of nitrogens with zero attached hydrogens (tertiary/aromatic N) is 3. The second-order valence-corrected chi connectivity index (χ2v) is 9.24. The molecule has 2 aliphatic rings. The number of hydrogen-bond donors (Lipinski definition) is 1. The van der Waals surface area contributed by atoms with Crippen molar-refractivity contribution in [2.45, 2.75) is 25.5 Å². The van der Waals surface area contributed by atoms with E-state index in [9.17, 15) is 4.79 Å². The van der Waals surface area contributed by atoms with Crippen LogP contribution in [0, 0.1) is 6.92 Å². The average Bonchev–Trinajstić information content (AvgIpc) is 3.36. The minimum Gasteiger partial charge on any atom is -0.489 e. The summed E-state index contributed by atoms with van der Waals surface area (Å²) in [7, 11) is 0. The van der Waals surface area contributed by atoms with Gasteiger partial charge in [0.2, 0.25) is 0 Å². The number of nitrogens with one attached hydrogen (secondary N) is 1. The van der Waals surface area contributed by atoms with Crippen LogP contribution in [0.4, 0.5) is 0 Å². The molecular weight excluding hydrogens is 412 g/mol. The molecule has 31 heavy (non-hydrogen) atoms. The zero-order valence-corrected chi connectivity index (χ0v) is 17.9. The summed E-state index contributed by atoms with van der Waals surface area (Å²) in [5.74, 6) is 1.20. The van der Waals surface area contributed by atoms with Crippen molar-refractivity contribution < 1.29 is 9.47 Å². The number of benzene rings is 1. The van der Waals surface area contributed by atoms with Crippen LogP contribution in [0.2, 0.25) is 0 Å². The van der Waals surface area contributed by atoms with Gasteiger partial charge in [0.25, 0.3) is 5.56 Å². The van der Waals surface area contributed by atoms with Crippen LogP contribution < -0.4 is 10.3 Å². The molecule has 0 aliphatic carbocycles. The fourth-order valence-corrected chi connectivity index (χ4v) is 5.12. The number of thiophene rings is 1. The SMILES string of the molecule is Cc1cc(OC2CCN(C3COC3)C2)cc2c(=O)[nH]c(-c3cc4ccsc4cn3)nc12. The third-order valence-electron chi connectivity index (χ3n) is 6.17. The molecule has 158 valence electrons. The third kappa shape index (κ3) is 3.40. The zero-order valence-electron chi connectivity index (χ0n) is 17.1. The number of aromatic amines is 1. The second kappa shape index (κ2) is 7.40. The van der Waals surface area contributed by atoms with Gasteiger partial charge in [0, 0.05) is 19.3 Å². The van der Waals surface area contributed by atoms with Gasteiger partial charge in [-0.15, -0.1) is 11.3 Å². The first-order valence-electron chi connectivity index (χ1n) is 10.5. The van der Waals surface area contributed by atoms with E-state index in [4.69, 9.17) is 14.5 Å². The summed E-state index contributed by atoms with van der Waals surface area (Å²) in [5.41, 5.74) is 2.08. The van der Waals surface area contributed by atoms with Crippen LogP contribution >= 0.6 is 11.3 Å². The van der Waals surface area contributed by atoms with Gasteiger partial charge in [0.05, 0.1) is 34.9 Å². The quantitative estimate of drug-likeness (QED) is 0.531. The van der Waals surface area contributed by atoms with Crippen LogP contribution in [0.1, 0.15) is 12.0 Å². The van der Waals surface area contributed by atoms with Crippen LogP contribution in [0.25, 0.3) is 32.5 Å². The molecule has 0 bridgehead atoms. The highest BCUT2D eigenvalue weighted by atomic mass is 32.1. The molecule has 0 saturated carbocycles. The molecule has 7 nitrogen and oxygen atoms in total. The van der Waals surface area contributed by atoms with Crippen molar-refractivity contribution in [1.29, 1.82) is 0 Å². The Balaban J connectivity index is 1.31. The normalized spacial score (nSPS) is 19.8. The Bertz CT molecular complexity index is 1340. The lowest BCUT2D eigenvalue weighted by Crippen LogP contribution is -2.48. The molecule has 1 aromatic carbocycles. The maximum atomic E-state index is 12.9. The number of fused-ring (bicyclic) bond motifs is 2. The largest absolute Gasteiger partial charge is 0.489 e. The van der Waals surface area contributed by atoms with E-state index in [0.717, 1.165) is 54.1 Å². The van der Waals surface area contributed by atoms with Gasteiger partial charge in [-0.3, -0.25) is 14.7 Å². The molecule has 5 heterocycles. The van der Waals surface area contributed by atoms with Crippen molar-refractivity contribution >= 4 is 32.3 Å². The van der Waals surface area contributed by atoms with Gasteiger partial charge in [-0.1, -0.05) is 0 Å². The van der Waals surface area contributed by atoms with Crippen LogP contribution in [0.15, 0.2) is 40.6 Å². The predicted molar refractivity (Wildman–Crippen MR) is 121 cm³/mol. The molecule has 0 radical (unpaired) electrons. The van der Waals surface area contributed by atoms with Crippen LogP contribution in [-0.2, 0) is 4.74 Å². The highest BCUT2D eigenvalue weighted by molar-refractivity contribution is 7.17. The Kier molecular flexibility index (Phi) is 4.52. The lowest BCUT2D eigenvalue weighted by molar-refractivity contribution is -0.0592. The molecule has 0 spiro atoms. The molecule has 8 heteroatoms. The molecule has 2 aliphatic heterocycles. The van der Waals surface area contributed by atoms with Crippen molar-refractivity contribution in [2.75, 3.05) is 26.3 Å². The number of likely N-dealkylation sites (tertiary alicyclic amines) is 1. The van der Waals surface area contributed by atoms with E-state index in [1.807, 2.05) is 42.8 Å². The van der Waals surface area contributed by atoms with Gasteiger partial charge in [0.1, 0.15) is 17.5 Å². The molecule has 3 aromatic heterocycles. The monoisotopic (exact) mass is 434 g/mol. The van der Waals surface area contributed by atoms with E-state index in [0.29, 0.717) is 28.5 Å². The summed E-state index contributed by atoms with van der Waals surface area (Å²) in [4.78, 5) is 27.5. The van der Waals surface area contributed by atoms with Gasteiger partial charge >= 0.3 is 0 Å². The van der Waals surface area contributed by atoms with E-state index in [1.165, 1.54) is 0 Å². The lowest BCUT2D eigenvalue weighted by Gasteiger charge is -2.34. The molecule has 2 fully saturated rings. The van der Waals surface area contributed by atoms with Crippen molar-refractivity contribution in [1.82, 2.24) is 19.9 Å². The predicted octanol–water partition coefficient (Wildman–Crippen LogP) is 3.36. The first kappa shape index (κ1) is 18.9. The molecule has 1 unspecified atom stereocenters. The highest BCUT2D eigenvalue weighted by Crippen LogP contribution is 2.28. The van der Waals surface area contributed by atoms with E-state index in [2.05, 4.69) is 14.9 Å². The Morgan fingerprint density at radius 3 is 3.03 bits per heavy atom. The molecule has 1 atom stereocenters. The van der Waals surface area contributed by atoms with E-state index < -0.39 is 0 Å². The topological polar surface area (TPSA) is 80.3 Å². The molecule has 6 rings (SSSR count). The maximum Gasteiger partial charge on any atom is 0.259 e. The zero-order chi connectivity index (χ0) is 20.9. The molecular formula is C23H22N4O3S. The Morgan fingerprint density at radius 2 is 2.19 bits per heavy atom. The maximum absolute atomic E-state index is 12.9. The summed E-state index contributed by atoms with van der Waals surface area (Å²) in [6, 6.07) is 8.31. The number of ether oxygens (including phenoxy) is 2. The smallest absolute Gasteiger partial charge is 0.259 e. The number of hydrogen-bond acceptors (Lipinski definition) is 7. The second-order valence-electron chi connectivity index (χ2n) is 8.29. The van der Waals surface area contributed by atoms with Crippen LogP contribution in [0.3, 0.4) is 0 Å². The fourth-order valence-electron chi connectivity index (χ4n) is 4.38. The first-order valence-corrected chi connectivity index (χ1v) is 11.4. The number of aryl methyl sites for hydroxylation is 1. The molecule has 4 aromatic rings. The Hall–Kier alpha value is -2.81. The summed E-state index contributed by atoms with van der Waals surface area (Å²) < 4.78 is 12.7. The third-order valence-corrected chi connectivity index (χ3v) is 7.04. The Labute approximate surface area is 182 Å². The standard InChI is InChI=1S/C23H22N4O3S/c1-13-6-17(30-16-2-4-27(10-16)15-11-29-12-15)8-18-21(13)25-22(26-23(18)28)19-7-14-3-5-31-20(14)9-24-19/h3,5-9,15-16H,2,4,10-12H2,1H3,(H,25,26,28). The van der Waals surface area contributed by atoms with Crippen molar-refractivity contribution in [3.05, 3.63) is 51.8 Å². The van der Waals surface area contributed by atoms with Gasteiger partial charge in [-0.25, -0.2) is 4.98 Å². The Morgan fingerprint density at radius 1 is 1.29 bits per heavy atom. The summed E-state index contributed by atoms with van der Waals surface area (Å²) in [6.45, 7) is 5.53. The fraction of sp³-hybridized carbons (Fsp3) is 0.348. The van der Waals surface area contributed by atoms with E-state index >= 15 is 0 Å². The summed E-state index contributed by atoms with van der Waals surface area (Å²) in [6.07, 6.45) is 2.94. The van der Waals surface area contributed by atoms with Gasteiger partial charge in [0.15, 0.2) is 5.82 Å². The van der Waals surface area contributed by atoms with Gasteiger partial charge < -0.3 is 14.5 Å². The van der Waals surface area contributed by atoms with Crippen molar-refractivity contribution in [2.24, 2.45) is 0 Å². The lowest BCUT2D eigenvalue weighted by atomic mass is 10.1. The highest BCUT2D eigenvalue weighted by Gasteiger charge is 2.33. The number of H-pyrrole nitrogens is 1. The number of rotatable bonds is 4. The summed E-state index contributed by atoms with van der Waals surface area (Å²) >= 11 is 1.64. The number of aromatic nitrogens is 3. The van der Waals surface area contributed by atoms with Crippen molar-refractivity contribution in [3.63, 3.8) is 0 Å². The minimum absolute atomic E-state index is 0.130. The molecule has 1 N–H and O–H groups in total. The molecule has 0 amide bonds. The van der Waals surface area contributed by atoms with Crippen LogP contribution in [0.5, 0.6) is 5.75 Å².